The van der Waals surface area contributed by atoms with Gasteiger partial charge >= 0.3 is 5.97 Å². The molecule has 2 aromatic carbocycles. The number of aromatic carboxylic acids is 1. The number of hydrogen-bond acceptors (Lipinski definition) is 4. The standard InChI is InChI=1S/C25H28O5/c1-15-11-12-24(2,3)14-25(15,4)21-19(27)13-17(20(22(21)28)23(29)30)8-5-16-6-9-18(26)10-7-16/h5-10,13,26-28H,1,11-12,14H2,2-4H3,(H,29,30)/b8-5+. The number of benzene rings is 2. The highest BCUT2D eigenvalue weighted by atomic mass is 16.4. The van der Waals surface area contributed by atoms with E-state index in [1.54, 1.807) is 18.2 Å². The maximum Gasteiger partial charge on any atom is 0.340 e. The van der Waals surface area contributed by atoms with Gasteiger partial charge in [-0.15, -0.1) is 0 Å². The summed E-state index contributed by atoms with van der Waals surface area (Å²) in [5.74, 6) is -1.72. The van der Waals surface area contributed by atoms with E-state index in [0.717, 1.165) is 24.0 Å². The Kier molecular flexibility index (Phi) is 5.42. The van der Waals surface area contributed by atoms with Crippen molar-refractivity contribution in [3.05, 3.63) is 64.7 Å². The van der Waals surface area contributed by atoms with Crippen LogP contribution < -0.4 is 0 Å². The van der Waals surface area contributed by atoms with Crippen molar-refractivity contribution in [3.8, 4) is 17.2 Å². The molecular formula is C25H28O5. The second-order valence-corrected chi connectivity index (χ2v) is 9.09. The zero-order valence-electron chi connectivity index (χ0n) is 17.6. The van der Waals surface area contributed by atoms with Crippen molar-refractivity contribution < 1.29 is 25.2 Å². The van der Waals surface area contributed by atoms with Gasteiger partial charge in [-0.2, -0.15) is 0 Å². The second-order valence-electron chi connectivity index (χ2n) is 9.09. The average Bonchev–Trinajstić information content (AvgIpc) is 2.63. The minimum Gasteiger partial charge on any atom is -0.508 e. The maximum absolute atomic E-state index is 12.0. The van der Waals surface area contributed by atoms with E-state index >= 15 is 0 Å². The molecular weight excluding hydrogens is 380 g/mol. The van der Waals surface area contributed by atoms with E-state index in [0.29, 0.717) is 6.42 Å². The number of rotatable bonds is 4. The van der Waals surface area contributed by atoms with E-state index < -0.39 is 17.1 Å². The van der Waals surface area contributed by atoms with E-state index in [9.17, 15) is 25.2 Å². The van der Waals surface area contributed by atoms with E-state index in [1.165, 1.54) is 24.3 Å². The molecule has 4 N–H and O–H groups in total. The van der Waals surface area contributed by atoms with Crippen LogP contribution in [0.4, 0.5) is 0 Å². The number of carbonyl (C=O) groups is 1. The molecule has 0 spiro atoms. The zero-order valence-corrected chi connectivity index (χ0v) is 17.6. The summed E-state index contributed by atoms with van der Waals surface area (Å²) in [5, 5.41) is 41.1. The number of carboxylic acid groups (broad SMARTS) is 1. The fraction of sp³-hybridized carbons (Fsp3) is 0.320. The minimum atomic E-state index is -1.27. The highest BCUT2D eigenvalue weighted by molar-refractivity contribution is 5.97. The number of hydrogen-bond donors (Lipinski definition) is 4. The lowest BCUT2D eigenvalue weighted by molar-refractivity contribution is 0.0693. The highest BCUT2D eigenvalue weighted by Crippen LogP contribution is 2.55. The first kappa shape index (κ1) is 21.5. The first-order valence-corrected chi connectivity index (χ1v) is 9.93. The number of aromatic hydroxyl groups is 3. The molecule has 30 heavy (non-hydrogen) atoms. The topological polar surface area (TPSA) is 98.0 Å². The largest absolute Gasteiger partial charge is 0.508 e. The summed E-state index contributed by atoms with van der Waals surface area (Å²) in [4.78, 5) is 12.0. The fourth-order valence-electron chi connectivity index (χ4n) is 4.55. The molecule has 5 nitrogen and oxygen atoms in total. The molecule has 3 rings (SSSR count). The Bertz CT molecular complexity index is 1030. The van der Waals surface area contributed by atoms with Gasteiger partial charge in [-0.05, 0) is 54.0 Å². The molecule has 1 unspecified atom stereocenters. The summed E-state index contributed by atoms with van der Waals surface area (Å²) in [6.45, 7) is 10.3. The molecule has 0 amide bonds. The summed E-state index contributed by atoms with van der Waals surface area (Å²) >= 11 is 0. The van der Waals surface area contributed by atoms with Crippen LogP contribution in [0.3, 0.4) is 0 Å². The van der Waals surface area contributed by atoms with Gasteiger partial charge in [0.15, 0.2) is 0 Å². The minimum absolute atomic E-state index is 0.0321. The van der Waals surface area contributed by atoms with Crippen molar-refractivity contribution >= 4 is 18.1 Å². The van der Waals surface area contributed by atoms with E-state index in [1.807, 2.05) is 6.92 Å². The molecule has 1 fully saturated rings. The molecule has 1 atom stereocenters. The van der Waals surface area contributed by atoms with Gasteiger partial charge in [-0.25, -0.2) is 4.79 Å². The third-order valence-corrected chi connectivity index (χ3v) is 6.14. The Morgan fingerprint density at radius 1 is 1.07 bits per heavy atom. The second kappa shape index (κ2) is 7.56. The van der Waals surface area contributed by atoms with Crippen LogP contribution in [0.2, 0.25) is 0 Å². The van der Waals surface area contributed by atoms with Crippen LogP contribution in [0.5, 0.6) is 17.2 Å². The van der Waals surface area contributed by atoms with Gasteiger partial charge < -0.3 is 20.4 Å². The lowest BCUT2D eigenvalue weighted by atomic mass is 9.59. The van der Waals surface area contributed by atoms with Crippen LogP contribution in [0, 0.1) is 5.41 Å². The van der Waals surface area contributed by atoms with Gasteiger partial charge in [0.05, 0.1) is 0 Å². The van der Waals surface area contributed by atoms with Crippen LogP contribution in [-0.2, 0) is 5.41 Å². The van der Waals surface area contributed by atoms with Gasteiger partial charge in [0.2, 0.25) is 0 Å². The lowest BCUT2D eigenvalue weighted by Gasteiger charge is -2.45. The maximum atomic E-state index is 12.0. The van der Waals surface area contributed by atoms with E-state index in [-0.39, 0.29) is 33.6 Å². The number of phenols is 3. The Hall–Kier alpha value is -3.21. The zero-order chi connectivity index (χ0) is 22.3. The van der Waals surface area contributed by atoms with Crippen LogP contribution in [-0.4, -0.2) is 26.4 Å². The molecule has 158 valence electrons. The normalized spacial score (nSPS) is 21.1. The van der Waals surface area contributed by atoms with Gasteiger partial charge in [0.25, 0.3) is 0 Å². The number of carboxylic acids is 1. The monoisotopic (exact) mass is 408 g/mol. The first-order chi connectivity index (χ1) is 13.9. The molecule has 0 bridgehead atoms. The quantitative estimate of drug-likeness (QED) is 0.384. The summed E-state index contributed by atoms with van der Waals surface area (Å²) in [7, 11) is 0. The van der Waals surface area contributed by atoms with Crippen LogP contribution >= 0.6 is 0 Å². The third kappa shape index (κ3) is 3.92. The van der Waals surface area contributed by atoms with Crippen LogP contribution in [0.25, 0.3) is 12.2 Å². The van der Waals surface area contributed by atoms with Crippen molar-refractivity contribution in [2.75, 3.05) is 0 Å². The van der Waals surface area contributed by atoms with Crippen molar-refractivity contribution in [1.29, 1.82) is 0 Å². The van der Waals surface area contributed by atoms with Gasteiger partial charge in [-0.1, -0.05) is 57.2 Å². The van der Waals surface area contributed by atoms with Crippen molar-refractivity contribution in [3.63, 3.8) is 0 Å². The Morgan fingerprint density at radius 3 is 2.30 bits per heavy atom. The summed E-state index contributed by atoms with van der Waals surface area (Å²) in [6, 6.07) is 7.78. The first-order valence-electron chi connectivity index (χ1n) is 9.93. The predicted molar refractivity (Wildman–Crippen MR) is 118 cm³/mol. The summed E-state index contributed by atoms with van der Waals surface area (Å²) < 4.78 is 0. The molecule has 0 saturated heterocycles. The van der Waals surface area contributed by atoms with Crippen molar-refractivity contribution in [2.45, 2.75) is 45.4 Å². The van der Waals surface area contributed by atoms with E-state index in [2.05, 4.69) is 20.4 Å². The average molecular weight is 408 g/mol. The Balaban J connectivity index is 2.14. The highest BCUT2D eigenvalue weighted by Gasteiger charge is 2.44. The molecule has 1 aliphatic rings. The molecule has 0 heterocycles. The molecule has 0 radical (unpaired) electrons. The Labute approximate surface area is 176 Å². The van der Waals surface area contributed by atoms with Crippen LogP contribution in [0.1, 0.15) is 67.1 Å². The molecule has 5 heteroatoms. The van der Waals surface area contributed by atoms with Crippen molar-refractivity contribution in [1.82, 2.24) is 0 Å². The molecule has 1 aliphatic carbocycles. The SMILES string of the molecule is C=C1CCC(C)(C)CC1(C)c1c(O)cc(/C=C/c2ccc(O)cc2)c(C(=O)O)c1O. The number of allylic oxidation sites excluding steroid dienone is 1. The molecule has 1 saturated carbocycles. The Morgan fingerprint density at radius 2 is 1.70 bits per heavy atom. The predicted octanol–water partition coefficient (Wildman–Crippen LogP) is 5.70. The van der Waals surface area contributed by atoms with Crippen LogP contribution in [0.15, 0.2) is 42.5 Å². The van der Waals surface area contributed by atoms with Gasteiger partial charge in [0.1, 0.15) is 22.8 Å². The molecule has 2 aromatic rings. The van der Waals surface area contributed by atoms with E-state index in [4.69, 9.17) is 0 Å². The van der Waals surface area contributed by atoms with Gasteiger partial charge in [0, 0.05) is 11.0 Å². The summed E-state index contributed by atoms with van der Waals surface area (Å²) in [6.07, 6.45) is 5.52. The smallest absolute Gasteiger partial charge is 0.340 e. The molecule has 0 aromatic heterocycles. The summed E-state index contributed by atoms with van der Waals surface area (Å²) in [5.41, 5.74) is 1.00. The molecule has 0 aliphatic heterocycles. The third-order valence-electron chi connectivity index (χ3n) is 6.14. The fourth-order valence-corrected chi connectivity index (χ4v) is 4.55. The number of phenolic OH excluding ortho intramolecular Hbond substituents is 2. The van der Waals surface area contributed by atoms with Gasteiger partial charge in [-0.3, -0.25) is 0 Å². The lowest BCUT2D eigenvalue weighted by Crippen LogP contribution is -2.36. The van der Waals surface area contributed by atoms with Crippen molar-refractivity contribution in [2.24, 2.45) is 5.41 Å².